The van der Waals surface area contributed by atoms with E-state index in [0.29, 0.717) is 11.8 Å². The summed E-state index contributed by atoms with van der Waals surface area (Å²) in [5.41, 5.74) is -1.38. The summed E-state index contributed by atoms with van der Waals surface area (Å²) in [6.45, 7) is 1.20. The lowest BCUT2D eigenvalue weighted by molar-refractivity contribution is -0.138. The smallest absolute Gasteiger partial charge is 0.360 e. The van der Waals surface area contributed by atoms with Crippen molar-refractivity contribution < 1.29 is 26.9 Å². The van der Waals surface area contributed by atoms with Gasteiger partial charge in [-0.25, -0.2) is 9.18 Å². The number of halogens is 4. The van der Waals surface area contributed by atoms with Gasteiger partial charge in [-0.3, -0.25) is 5.32 Å². The number of amides is 2. The highest BCUT2D eigenvalue weighted by Crippen LogP contribution is 2.32. The molecule has 0 saturated carbocycles. The fraction of sp³-hybridized carbons (Fsp3) is 0.231. The van der Waals surface area contributed by atoms with Crippen LogP contribution in [0, 0.1) is 12.7 Å². The van der Waals surface area contributed by atoms with Gasteiger partial charge >= 0.3 is 12.2 Å². The molecule has 0 radical (unpaired) electrons. The van der Waals surface area contributed by atoms with Crippen LogP contribution in [0.3, 0.4) is 0 Å². The van der Waals surface area contributed by atoms with Crippen LogP contribution >= 0.6 is 0 Å². The Labute approximate surface area is 122 Å². The Hall–Kier alpha value is -2.58. The van der Waals surface area contributed by atoms with Crippen LogP contribution in [0.15, 0.2) is 28.8 Å². The van der Waals surface area contributed by atoms with E-state index >= 15 is 0 Å². The van der Waals surface area contributed by atoms with E-state index in [2.05, 4.69) is 15.8 Å². The summed E-state index contributed by atoms with van der Waals surface area (Å²) in [4.78, 5) is 11.6. The van der Waals surface area contributed by atoms with E-state index in [1.807, 2.05) is 0 Å². The Kier molecular flexibility index (Phi) is 4.34. The molecule has 9 heteroatoms. The number of rotatable bonds is 3. The molecule has 1 heterocycles. The zero-order valence-corrected chi connectivity index (χ0v) is 11.3. The maximum Gasteiger partial charge on any atom is 0.416 e. The SMILES string of the molecule is Cc1cc(NC(=O)NCc2ccc(F)cc2C(F)(F)F)no1. The molecule has 0 fully saturated rings. The zero-order valence-electron chi connectivity index (χ0n) is 11.3. The van der Waals surface area contributed by atoms with Crippen molar-refractivity contribution in [2.45, 2.75) is 19.6 Å². The number of nitrogens with one attached hydrogen (secondary N) is 2. The Bertz CT molecular complexity index is 682. The predicted molar refractivity (Wildman–Crippen MR) is 68.5 cm³/mol. The van der Waals surface area contributed by atoms with Crippen LogP contribution in [0.4, 0.5) is 28.2 Å². The monoisotopic (exact) mass is 317 g/mol. The fourth-order valence-electron chi connectivity index (χ4n) is 1.73. The number of benzene rings is 1. The van der Waals surface area contributed by atoms with Crippen LogP contribution in [0.1, 0.15) is 16.9 Å². The molecular formula is C13H11F4N3O2. The molecule has 0 unspecified atom stereocenters. The van der Waals surface area contributed by atoms with E-state index in [1.165, 1.54) is 6.07 Å². The Balaban J connectivity index is 2.03. The van der Waals surface area contributed by atoms with Gasteiger partial charge in [0.25, 0.3) is 0 Å². The molecule has 0 bridgehead atoms. The lowest BCUT2D eigenvalue weighted by atomic mass is 10.1. The average Bonchev–Trinajstić information content (AvgIpc) is 2.81. The predicted octanol–water partition coefficient (Wildman–Crippen LogP) is 3.46. The lowest BCUT2D eigenvalue weighted by Gasteiger charge is -2.13. The van der Waals surface area contributed by atoms with Crippen LogP contribution in [0.2, 0.25) is 0 Å². The van der Waals surface area contributed by atoms with Crippen molar-refractivity contribution >= 4 is 11.8 Å². The topological polar surface area (TPSA) is 67.2 Å². The molecule has 0 spiro atoms. The van der Waals surface area contributed by atoms with Gasteiger partial charge in [0.15, 0.2) is 5.82 Å². The lowest BCUT2D eigenvalue weighted by Crippen LogP contribution is -2.29. The number of hydrogen-bond donors (Lipinski definition) is 2. The van der Waals surface area contributed by atoms with Crippen molar-refractivity contribution in [1.29, 1.82) is 0 Å². The Morgan fingerprint density at radius 1 is 1.32 bits per heavy atom. The quantitative estimate of drug-likeness (QED) is 0.852. The summed E-state index contributed by atoms with van der Waals surface area (Å²) in [6.07, 6.45) is -4.71. The molecule has 2 rings (SSSR count). The third-order valence-corrected chi connectivity index (χ3v) is 2.69. The first-order valence-electron chi connectivity index (χ1n) is 6.09. The van der Waals surface area contributed by atoms with Crippen molar-refractivity contribution in [3.8, 4) is 0 Å². The number of hydrogen-bond acceptors (Lipinski definition) is 3. The van der Waals surface area contributed by atoms with Crippen LogP contribution in [-0.4, -0.2) is 11.2 Å². The highest BCUT2D eigenvalue weighted by Gasteiger charge is 2.33. The van der Waals surface area contributed by atoms with Crippen molar-refractivity contribution in [3.63, 3.8) is 0 Å². The average molecular weight is 317 g/mol. The first-order chi connectivity index (χ1) is 10.3. The molecule has 118 valence electrons. The number of urea groups is 1. The minimum Gasteiger partial charge on any atom is -0.360 e. The fourth-order valence-corrected chi connectivity index (χ4v) is 1.73. The van der Waals surface area contributed by atoms with Gasteiger partial charge < -0.3 is 9.84 Å². The summed E-state index contributed by atoms with van der Waals surface area (Å²) in [5, 5.41) is 8.03. The van der Waals surface area contributed by atoms with Gasteiger partial charge in [-0.05, 0) is 24.6 Å². The Morgan fingerprint density at radius 2 is 2.05 bits per heavy atom. The van der Waals surface area contributed by atoms with Gasteiger partial charge in [-0.15, -0.1) is 0 Å². The van der Waals surface area contributed by atoms with Gasteiger partial charge in [0, 0.05) is 12.6 Å². The molecule has 22 heavy (non-hydrogen) atoms. The van der Waals surface area contributed by atoms with Crippen LogP contribution < -0.4 is 10.6 Å². The van der Waals surface area contributed by atoms with Crippen LogP contribution in [0.5, 0.6) is 0 Å². The van der Waals surface area contributed by atoms with E-state index in [-0.39, 0.29) is 11.4 Å². The van der Waals surface area contributed by atoms with Crippen molar-refractivity contribution in [1.82, 2.24) is 10.5 Å². The largest absolute Gasteiger partial charge is 0.416 e. The number of alkyl halides is 3. The van der Waals surface area contributed by atoms with E-state index in [9.17, 15) is 22.4 Å². The summed E-state index contributed by atoms with van der Waals surface area (Å²) >= 11 is 0. The van der Waals surface area contributed by atoms with E-state index in [0.717, 1.165) is 12.1 Å². The number of aromatic nitrogens is 1. The van der Waals surface area contributed by atoms with Crippen molar-refractivity contribution in [2.24, 2.45) is 0 Å². The van der Waals surface area contributed by atoms with Gasteiger partial charge in [0.2, 0.25) is 0 Å². The number of anilines is 1. The molecule has 0 aliphatic rings. The maximum absolute atomic E-state index is 12.9. The number of carbonyl (C=O) groups is 1. The van der Waals surface area contributed by atoms with Gasteiger partial charge in [0.05, 0.1) is 5.56 Å². The number of carbonyl (C=O) groups excluding carboxylic acids is 1. The minimum absolute atomic E-state index is 0.130. The van der Waals surface area contributed by atoms with Gasteiger partial charge in [-0.1, -0.05) is 11.2 Å². The summed E-state index contributed by atoms with van der Waals surface area (Å²) in [5.74, 6) is -0.406. The second-order valence-electron chi connectivity index (χ2n) is 4.43. The second-order valence-corrected chi connectivity index (χ2v) is 4.43. The first-order valence-corrected chi connectivity index (χ1v) is 6.09. The molecule has 2 amide bonds. The van der Waals surface area contributed by atoms with E-state index in [4.69, 9.17) is 4.52 Å². The summed E-state index contributed by atoms with van der Waals surface area (Å²) in [6, 6.07) is 2.93. The van der Waals surface area contributed by atoms with Crippen molar-refractivity contribution in [2.75, 3.05) is 5.32 Å². The number of nitrogens with zero attached hydrogens (tertiary/aromatic N) is 1. The standard InChI is InChI=1S/C13H11F4N3O2/c1-7-4-11(20-22-7)19-12(21)18-6-8-2-3-9(14)5-10(8)13(15,16)17/h2-5H,6H2,1H3,(H2,18,19,20,21). The minimum atomic E-state index is -4.71. The highest BCUT2D eigenvalue weighted by atomic mass is 19.4. The highest BCUT2D eigenvalue weighted by molar-refractivity contribution is 5.88. The number of aryl methyl sites for hydroxylation is 1. The third-order valence-electron chi connectivity index (χ3n) is 2.69. The van der Waals surface area contributed by atoms with Crippen molar-refractivity contribution in [3.05, 3.63) is 47.0 Å². The molecule has 0 atom stereocenters. The maximum atomic E-state index is 12.9. The Morgan fingerprint density at radius 3 is 2.64 bits per heavy atom. The van der Waals surface area contributed by atoms with E-state index < -0.39 is 30.1 Å². The van der Waals surface area contributed by atoms with Gasteiger partial charge in [0.1, 0.15) is 11.6 Å². The normalized spacial score (nSPS) is 11.3. The molecule has 1 aromatic heterocycles. The van der Waals surface area contributed by atoms with Gasteiger partial charge in [-0.2, -0.15) is 13.2 Å². The molecule has 2 aromatic rings. The van der Waals surface area contributed by atoms with E-state index in [1.54, 1.807) is 6.92 Å². The molecular weight excluding hydrogens is 306 g/mol. The van der Waals surface area contributed by atoms with Crippen LogP contribution in [0.25, 0.3) is 0 Å². The molecule has 5 nitrogen and oxygen atoms in total. The second kappa shape index (κ2) is 6.04. The molecule has 0 aliphatic carbocycles. The summed E-state index contributed by atoms with van der Waals surface area (Å²) < 4.78 is 56.0. The third kappa shape index (κ3) is 3.96. The molecule has 2 N–H and O–H groups in total. The first kappa shape index (κ1) is 15.8. The molecule has 1 aromatic carbocycles. The van der Waals surface area contributed by atoms with Crippen LogP contribution in [-0.2, 0) is 12.7 Å². The summed E-state index contributed by atoms with van der Waals surface area (Å²) in [7, 11) is 0. The zero-order chi connectivity index (χ0) is 16.3. The molecule has 0 aliphatic heterocycles. The molecule has 0 saturated heterocycles.